The quantitative estimate of drug-likeness (QED) is 0.724. The molecule has 0 aliphatic carbocycles. The number of hydrogen-bond acceptors (Lipinski definition) is 4. The van der Waals surface area contributed by atoms with Crippen LogP contribution in [0, 0.1) is 0 Å². The molecule has 124 valence electrons. The minimum absolute atomic E-state index is 0. The van der Waals surface area contributed by atoms with Crippen LogP contribution in [0.2, 0.25) is 0 Å². The van der Waals surface area contributed by atoms with Gasteiger partial charge >= 0.3 is 0 Å². The Morgan fingerprint density at radius 3 is 2.82 bits per heavy atom. The number of rotatable bonds is 7. The van der Waals surface area contributed by atoms with Crippen molar-refractivity contribution in [2.45, 2.75) is 39.0 Å². The van der Waals surface area contributed by atoms with Gasteiger partial charge < -0.3 is 15.4 Å². The molecule has 0 atom stereocenters. The van der Waals surface area contributed by atoms with Crippen LogP contribution in [0.1, 0.15) is 38.2 Å². The fraction of sp³-hybridized carbons (Fsp3) is 0.588. The lowest BCUT2D eigenvalue weighted by Gasteiger charge is -2.10. The predicted octanol–water partition coefficient (Wildman–Crippen LogP) is 3.31. The molecule has 1 aromatic rings. The second kappa shape index (κ2) is 11.4. The number of nitrogens with zero attached hydrogens (tertiary/aromatic N) is 1. The summed E-state index contributed by atoms with van der Waals surface area (Å²) in [7, 11) is 0. The monoisotopic (exact) mass is 369 g/mol. The molecule has 0 bridgehead atoms. The van der Waals surface area contributed by atoms with Crippen molar-refractivity contribution in [3.8, 4) is 5.75 Å². The molecule has 1 heterocycles. The maximum absolute atomic E-state index is 5.67. The molecule has 22 heavy (non-hydrogen) atoms. The fourth-order valence-corrected chi connectivity index (χ4v) is 2.22. The van der Waals surface area contributed by atoms with E-state index < -0.39 is 0 Å². The molecule has 1 aliphatic rings. The van der Waals surface area contributed by atoms with Crippen LogP contribution >= 0.6 is 17.0 Å². The highest BCUT2D eigenvalue weighted by Crippen LogP contribution is 2.12. The van der Waals surface area contributed by atoms with E-state index in [0.717, 1.165) is 50.8 Å². The number of aliphatic imine (C=N–C) groups is 1. The van der Waals surface area contributed by atoms with Crippen LogP contribution < -0.4 is 15.4 Å². The molecule has 5 heteroatoms. The molecular weight excluding hydrogens is 342 g/mol. The van der Waals surface area contributed by atoms with Crippen molar-refractivity contribution in [3.05, 3.63) is 29.8 Å². The van der Waals surface area contributed by atoms with Gasteiger partial charge in [0, 0.05) is 19.6 Å². The third-order valence-electron chi connectivity index (χ3n) is 3.54. The van der Waals surface area contributed by atoms with Gasteiger partial charge in [-0.3, -0.25) is 4.99 Å². The standard InChI is InChI=1S/C17H27N3O.BrH/c1-2-3-14-21-16-8-6-15(7-9-16)10-13-20-17-18-11-4-5-12-19-17;/h6-9H,2-5,10-14H2,1H3,(H2,18,19,20);1H. The Hall–Kier alpha value is -1.23. The first kappa shape index (κ1) is 18.8. The van der Waals surface area contributed by atoms with Crippen molar-refractivity contribution in [1.82, 2.24) is 10.6 Å². The highest BCUT2D eigenvalue weighted by atomic mass is 79.9. The van der Waals surface area contributed by atoms with Gasteiger partial charge in [-0.2, -0.15) is 0 Å². The van der Waals surface area contributed by atoms with Gasteiger partial charge in [-0.1, -0.05) is 25.5 Å². The highest BCUT2D eigenvalue weighted by molar-refractivity contribution is 8.93. The maximum atomic E-state index is 5.67. The molecule has 0 saturated carbocycles. The molecule has 0 fully saturated rings. The van der Waals surface area contributed by atoms with Crippen LogP contribution in [0.25, 0.3) is 0 Å². The molecule has 4 nitrogen and oxygen atoms in total. The second-order valence-corrected chi connectivity index (χ2v) is 5.39. The average Bonchev–Trinajstić information content (AvgIpc) is 2.78. The first-order valence-electron chi connectivity index (χ1n) is 8.12. The van der Waals surface area contributed by atoms with E-state index in [2.05, 4.69) is 46.8 Å². The van der Waals surface area contributed by atoms with Crippen molar-refractivity contribution < 1.29 is 4.74 Å². The van der Waals surface area contributed by atoms with Crippen molar-refractivity contribution in [2.24, 2.45) is 4.99 Å². The first-order chi connectivity index (χ1) is 10.4. The average molecular weight is 370 g/mol. The van der Waals surface area contributed by atoms with Crippen LogP contribution in [0.15, 0.2) is 29.3 Å². The third-order valence-corrected chi connectivity index (χ3v) is 3.54. The van der Waals surface area contributed by atoms with Gasteiger partial charge in [0.25, 0.3) is 0 Å². The predicted molar refractivity (Wildman–Crippen MR) is 98.4 cm³/mol. The Balaban J connectivity index is 0.00000242. The molecular formula is C17H28BrN3O. The summed E-state index contributed by atoms with van der Waals surface area (Å²) in [5.74, 6) is 1.92. The minimum Gasteiger partial charge on any atom is -0.494 e. The van der Waals surface area contributed by atoms with Crippen molar-refractivity contribution in [3.63, 3.8) is 0 Å². The number of benzene rings is 1. The Morgan fingerprint density at radius 2 is 2.05 bits per heavy atom. The zero-order valence-electron chi connectivity index (χ0n) is 13.4. The summed E-state index contributed by atoms with van der Waals surface area (Å²) in [5, 5.41) is 6.70. The highest BCUT2D eigenvalue weighted by Gasteiger charge is 2.02. The number of hydrogen-bond donors (Lipinski definition) is 2. The van der Waals surface area contributed by atoms with Crippen LogP contribution in [0.5, 0.6) is 5.75 Å². The van der Waals surface area contributed by atoms with Crippen LogP contribution in [-0.2, 0) is 6.42 Å². The fourth-order valence-electron chi connectivity index (χ4n) is 2.22. The molecule has 0 amide bonds. The smallest absolute Gasteiger partial charge is 0.191 e. The number of guanidine groups is 1. The second-order valence-electron chi connectivity index (χ2n) is 5.39. The van der Waals surface area contributed by atoms with Gasteiger partial charge in [0.05, 0.1) is 6.61 Å². The molecule has 0 aromatic heterocycles. The van der Waals surface area contributed by atoms with E-state index in [0.29, 0.717) is 0 Å². The van der Waals surface area contributed by atoms with Gasteiger partial charge in [0.15, 0.2) is 5.96 Å². The first-order valence-corrected chi connectivity index (χ1v) is 8.12. The van der Waals surface area contributed by atoms with Gasteiger partial charge in [-0.15, -0.1) is 17.0 Å². The number of unbranched alkanes of at least 4 members (excludes halogenated alkanes) is 1. The largest absolute Gasteiger partial charge is 0.494 e. The van der Waals surface area contributed by atoms with Crippen LogP contribution in [0.3, 0.4) is 0 Å². The Bertz CT molecular complexity index is 434. The van der Waals surface area contributed by atoms with E-state index in [1.807, 2.05) is 0 Å². The zero-order valence-corrected chi connectivity index (χ0v) is 15.2. The molecule has 2 rings (SSSR count). The molecule has 1 aliphatic heterocycles. The van der Waals surface area contributed by atoms with Gasteiger partial charge in [-0.05, 0) is 43.4 Å². The summed E-state index contributed by atoms with van der Waals surface area (Å²) in [6.07, 6.45) is 5.66. The SMILES string of the molecule is Br.CCCCOc1ccc(CCNC2=NCCCCN2)cc1. The Labute approximate surface area is 144 Å². The van der Waals surface area contributed by atoms with E-state index in [1.54, 1.807) is 0 Å². The summed E-state index contributed by atoms with van der Waals surface area (Å²) >= 11 is 0. The summed E-state index contributed by atoms with van der Waals surface area (Å²) in [6.45, 7) is 5.84. The van der Waals surface area contributed by atoms with E-state index in [9.17, 15) is 0 Å². The molecule has 1 aromatic carbocycles. The van der Waals surface area contributed by atoms with Crippen molar-refractivity contribution in [2.75, 3.05) is 26.2 Å². The van der Waals surface area contributed by atoms with E-state index in [4.69, 9.17) is 4.74 Å². The summed E-state index contributed by atoms with van der Waals surface area (Å²) in [5.41, 5.74) is 1.32. The Morgan fingerprint density at radius 1 is 1.23 bits per heavy atom. The summed E-state index contributed by atoms with van der Waals surface area (Å²) in [4.78, 5) is 4.48. The third kappa shape index (κ3) is 7.16. The van der Waals surface area contributed by atoms with E-state index in [-0.39, 0.29) is 17.0 Å². The van der Waals surface area contributed by atoms with Crippen LogP contribution in [0.4, 0.5) is 0 Å². The normalized spacial score (nSPS) is 14.1. The number of halogens is 1. The molecule has 0 radical (unpaired) electrons. The minimum atomic E-state index is 0. The molecule has 0 spiro atoms. The lowest BCUT2D eigenvalue weighted by Crippen LogP contribution is -2.38. The lowest BCUT2D eigenvalue weighted by molar-refractivity contribution is 0.309. The zero-order chi connectivity index (χ0) is 14.8. The van der Waals surface area contributed by atoms with Crippen molar-refractivity contribution in [1.29, 1.82) is 0 Å². The van der Waals surface area contributed by atoms with Crippen molar-refractivity contribution >= 4 is 22.9 Å². The molecule has 0 saturated heterocycles. The van der Waals surface area contributed by atoms with Gasteiger partial charge in [-0.25, -0.2) is 0 Å². The van der Waals surface area contributed by atoms with Gasteiger partial charge in [0.2, 0.25) is 0 Å². The van der Waals surface area contributed by atoms with E-state index >= 15 is 0 Å². The van der Waals surface area contributed by atoms with Crippen LogP contribution in [-0.4, -0.2) is 32.2 Å². The van der Waals surface area contributed by atoms with E-state index in [1.165, 1.54) is 24.8 Å². The number of ether oxygens (including phenoxy) is 1. The maximum Gasteiger partial charge on any atom is 0.191 e. The summed E-state index contributed by atoms with van der Waals surface area (Å²) < 4.78 is 5.67. The molecule has 0 unspecified atom stereocenters. The molecule has 2 N–H and O–H groups in total. The Kier molecular flexibility index (Phi) is 9.71. The topological polar surface area (TPSA) is 45.6 Å². The summed E-state index contributed by atoms with van der Waals surface area (Å²) in [6, 6.07) is 8.41. The number of nitrogens with one attached hydrogen (secondary N) is 2. The lowest BCUT2D eigenvalue weighted by atomic mass is 10.1. The van der Waals surface area contributed by atoms with Gasteiger partial charge in [0.1, 0.15) is 5.75 Å².